The number of benzene rings is 1. The van der Waals surface area contributed by atoms with Crippen molar-refractivity contribution in [3.05, 3.63) is 29.8 Å². The van der Waals surface area contributed by atoms with Crippen LogP contribution in [-0.2, 0) is 4.74 Å². The molecule has 104 valence electrons. The molecule has 3 saturated heterocycles. The molecule has 0 N–H and O–H groups in total. The van der Waals surface area contributed by atoms with Crippen LogP contribution in [0.3, 0.4) is 0 Å². The molecule has 0 radical (unpaired) electrons. The molecule has 1 aromatic rings. The lowest BCUT2D eigenvalue weighted by Gasteiger charge is -2.49. The number of hydrogen-bond donors (Lipinski definition) is 0. The molecule has 3 aliphatic rings. The van der Waals surface area contributed by atoms with Gasteiger partial charge in [0.05, 0.1) is 19.8 Å². The minimum Gasteiger partial charge on any atom is -0.496 e. The lowest BCUT2D eigenvalue weighted by Crippen LogP contribution is -2.57. The Morgan fingerprint density at radius 2 is 2.21 bits per heavy atom. The van der Waals surface area contributed by atoms with Crippen molar-refractivity contribution in [1.29, 1.82) is 0 Å². The number of rotatable bonds is 4. The van der Waals surface area contributed by atoms with Gasteiger partial charge >= 0.3 is 0 Å². The van der Waals surface area contributed by atoms with Crippen LogP contribution in [0.25, 0.3) is 0 Å². The fourth-order valence-electron chi connectivity index (χ4n) is 3.54. The van der Waals surface area contributed by atoms with Gasteiger partial charge in [0, 0.05) is 18.5 Å². The monoisotopic (exact) mass is 261 g/mol. The highest BCUT2D eigenvalue weighted by Gasteiger charge is 2.42. The van der Waals surface area contributed by atoms with Crippen LogP contribution >= 0.6 is 0 Å². The van der Waals surface area contributed by atoms with Gasteiger partial charge in [0.25, 0.3) is 0 Å². The van der Waals surface area contributed by atoms with E-state index in [1.165, 1.54) is 24.9 Å². The second kappa shape index (κ2) is 5.51. The molecule has 3 heterocycles. The normalized spacial score (nSPS) is 30.5. The predicted octanol–water partition coefficient (Wildman–Crippen LogP) is 2.66. The van der Waals surface area contributed by atoms with Crippen molar-refractivity contribution >= 4 is 0 Å². The standard InChI is InChI=1S/C16H23NO2/c1-3-8-17-10-16-14(9-12(17)11-19-16)13-6-4-5-7-15(13)18-2/h4-7,12,14,16H,3,8-11H2,1-2H3/t12-,14+,16+/m0/s1. The fraction of sp³-hybridized carbons (Fsp3) is 0.625. The topological polar surface area (TPSA) is 21.7 Å². The molecule has 2 bridgehead atoms. The zero-order valence-corrected chi connectivity index (χ0v) is 11.8. The Bertz CT molecular complexity index is 435. The first-order valence-corrected chi connectivity index (χ1v) is 7.32. The summed E-state index contributed by atoms with van der Waals surface area (Å²) in [5.41, 5.74) is 1.32. The summed E-state index contributed by atoms with van der Waals surface area (Å²) in [7, 11) is 1.75. The van der Waals surface area contributed by atoms with E-state index in [-0.39, 0.29) is 0 Å². The largest absolute Gasteiger partial charge is 0.496 e. The summed E-state index contributed by atoms with van der Waals surface area (Å²) < 4.78 is 11.5. The van der Waals surface area contributed by atoms with E-state index < -0.39 is 0 Å². The van der Waals surface area contributed by atoms with E-state index in [1.807, 2.05) is 6.07 Å². The second-order valence-electron chi connectivity index (χ2n) is 5.60. The van der Waals surface area contributed by atoms with E-state index in [9.17, 15) is 0 Å². The molecule has 3 nitrogen and oxygen atoms in total. The van der Waals surface area contributed by atoms with Crippen molar-refractivity contribution in [2.75, 3.05) is 26.8 Å². The summed E-state index contributed by atoms with van der Waals surface area (Å²) in [6, 6.07) is 8.97. The molecule has 3 heteroatoms. The molecule has 19 heavy (non-hydrogen) atoms. The van der Waals surface area contributed by atoms with Crippen LogP contribution in [-0.4, -0.2) is 43.9 Å². The Kier molecular flexibility index (Phi) is 3.76. The Labute approximate surface area is 115 Å². The van der Waals surface area contributed by atoms with Gasteiger partial charge in [-0.05, 0) is 31.0 Å². The number of piperidine rings is 1. The lowest BCUT2D eigenvalue weighted by molar-refractivity contribution is -0.118. The summed E-state index contributed by atoms with van der Waals surface area (Å²) >= 11 is 0. The molecule has 0 amide bonds. The van der Waals surface area contributed by atoms with E-state index in [0.717, 1.165) is 18.9 Å². The maximum atomic E-state index is 6.02. The summed E-state index contributed by atoms with van der Waals surface area (Å²) in [4.78, 5) is 2.60. The SMILES string of the molecule is CCCN1C[C@H]2OC[C@@H]1C[C@@H]2c1ccccc1OC. The minimum atomic E-state index is 0.327. The van der Waals surface area contributed by atoms with Gasteiger partial charge in [0.15, 0.2) is 0 Å². The third-order valence-electron chi connectivity index (χ3n) is 4.46. The van der Waals surface area contributed by atoms with Crippen LogP contribution in [0, 0.1) is 0 Å². The van der Waals surface area contributed by atoms with E-state index in [4.69, 9.17) is 9.47 Å². The highest BCUT2D eigenvalue weighted by Crippen LogP contribution is 2.41. The van der Waals surface area contributed by atoms with Crippen LogP contribution in [0.15, 0.2) is 24.3 Å². The Balaban J connectivity index is 1.81. The first-order valence-electron chi connectivity index (χ1n) is 7.32. The van der Waals surface area contributed by atoms with Gasteiger partial charge in [0.2, 0.25) is 0 Å². The number of ether oxygens (including phenoxy) is 2. The van der Waals surface area contributed by atoms with Gasteiger partial charge in [0.1, 0.15) is 5.75 Å². The minimum absolute atomic E-state index is 0.327. The van der Waals surface area contributed by atoms with Crippen molar-refractivity contribution in [2.24, 2.45) is 0 Å². The molecule has 1 aromatic carbocycles. The van der Waals surface area contributed by atoms with Crippen LogP contribution in [0.2, 0.25) is 0 Å². The van der Waals surface area contributed by atoms with Gasteiger partial charge in [-0.25, -0.2) is 0 Å². The average molecular weight is 261 g/mol. The maximum Gasteiger partial charge on any atom is 0.122 e. The maximum absolute atomic E-state index is 6.02. The van der Waals surface area contributed by atoms with Crippen LogP contribution in [0.1, 0.15) is 31.2 Å². The third-order valence-corrected chi connectivity index (χ3v) is 4.46. The van der Waals surface area contributed by atoms with E-state index in [0.29, 0.717) is 18.1 Å². The Morgan fingerprint density at radius 3 is 2.89 bits per heavy atom. The first kappa shape index (κ1) is 12.9. The summed E-state index contributed by atoms with van der Waals surface area (Å²) in [5, 5.41) is 0. The van der Waals surface area contributed by atoms with Crippen LogP contribution < -0.4 is 4.74 Å². The van der Waals surface area contributed by atoms with Gasteiger partial charge in [-0.2, -0.15) is 0 Å². The third kappa shape index (κ3) is 2.37. The zero-order valence-electron chi connectivity index (χ0n) is 11.8. The van der Waals surface area contributed by atoms with E-state index >= 15 is 0 Å². The predicted molar refractivity (Wildman–Crippen MR) is 75.7 cm³/mol. The number of para-hydroxylation sites is 1. The molecule has 4 rings (SSSR count). The van der Waals surface area contributed by atoms with Crippen molar-refractivity contribution in [3.8, 4) is 5.75 Å². The summed E-state index contributed by atoms with van der Waals surface area (Å²) in [6.07, 6.45) is 2.75. The smallest absolute Gasteiger partial charge is 0.122 e. The first-order chi connectivity index (χ1) is 9.33. The highest BCUT2D eigenvalue weighted by molar-refractivity contribution is 5.37. The number of fused-ring (bicyclic) bond motifs is 3. The molecule has 0 saturated carbocycles. The lowest BCUT2D eigenvalue weighted by atomic mass is 9.80. The van der Waals surface area contributed by atoms with Gasteiger partial charge in [-0.1, -0.05) is 25.1 Å². The molecule has 3 atom stereocenters. The Morgan fingerprint density at radius 1 is 1.37 bits per heavy atom. The van der Waals surface area contributed by atoms with Gasteiger partial charge < -0.3 is 9.47 Å². The summed E-state index contributed by atoms with van der Waals surface area (Å²) in [5.74, 6) is 1.49. The molecule has 3 fully saturated rings. The number of morpholine rings is 1. The molecule has 0 aromatic heterocycles. The van der Waals surface area contributed by atoms with E-state index in [2.05, 4.69) is 30.0 Å². The highest BCUT2D eigenvalue weighted by atomic mass is 16.5. The molecular weight excluding hydrogens is 238 g/mol. The molecule has 0 unspecified atom stereocenters. The van der Waals surface area contributed by atoms with Crippen molar-refractivity contribution in [2.45, 2.75) is 37.8 Å². The zero-order chi connectivity index (χ0) is 13.2. The molecule has 3 aliphatic heterocycles. The number of nitrogens with zero attached hydrogens (tertiary/aromatic N) is 1. The van der Waals surface area contributed by atoms with Crippen molar-refractivity contribution in [3.63, 3.8) is 0 Å². The van der Waals surface area contributed by atoms with Crippen molar-refractivity contribution < 1.29 is 9.47 Å². The molecular formula is C16H23NO2. The van der Waals surface area contributed by atoms with Gasteiger partial charge in [-0.3, -0.25) is 4.90 Å². The number of methoxy groups -OCH3 is 1. The second-order valence-corrected chi connectivity index (χ2v) is 5.60. The van der Waals surface area contributed by atoms with Crippen LogP contribution in [0.5, 0.6) is 5.75 Å². The van der Waals surface area contributed by atoms with Crippen molar-refractivity contribution in [1.82, 2.24) is 4.90 Å². The number of hydrogen-bond acceptors (Lipinski definition) is 3. The Hall–Kier alpha value is -1.06. The quantitative estimate of drug-likeness (QED) is 0.831. The molecule has 0 aliphatic carbocycles. The van der Waals surface area contributed by atoms with Gasteiger partial charge in [-0.15, -0.1) is 0 Å². The van der Waals surface area contributed by atoms with Crippen LogP contribution in [0.4, 0.5) is 0 Å². The summed E-state index contributed by atoms with van der Waals surface area (Å²) in [6.45, 7) is 5.42. The van der Waals surface area contributed by atoms with E-state index in [1.54, 1.807) is 7.11 Å². The average Bonchev–Trinajstić information content (AvgIpc) is 2.48. The molecule has 0 spiro atoms. The fourth-order valence-corrected chi connectivity index (χ4v) is 3.54.